The second kappa shape index (κ2) is 4.33. The first-order valence-corrected chi connectivity index (χ1v) is 5.95. The van der Waals surface area contributed by atoms with E-state index in [1.54, 1.807) is 13.2 Å². The van der Waals surface area contributed by atoms with E-state index < -0.39 is 0 Å². The second-order valence-corrected chi connectivity index (χ2v) is 4.43. The smallest absolute Gasteiger partial charge is 0.128 e. The van der Waals surface area contributed by atoms with E-state index in [1.807, 2.05) is 24.3 Å². The van der Waals surface area contributed by atoms with Crippen LogP contribution < -0.4 is 10.1 Å². The molecule has 0 aromatic heterocycles. The minimum Gasteiger partial charge on any atom is -0.497 e. The lowest BCUT2D eigenvalue weighted by atomic mass is 10.00. The van der Waals surface area contributed by atoms with Crippen molar-refractivity contribution in [3.63, 3.8) is 0 Å². The summed E-state index contributed by atoms with van der Waals surface area (Å²) >= 11 is 0. The van der Waals surface area contributed by atoms with Gasteiger partial charge in [0.25, 0.3) is 0 Å². The number of hydrogen-bond donors (Lipinski definition) is 1. The molecule has 0 saturated heterocycles. The monoisotopic (exact) mass is 243 g/mol. The van der Waals surface area contributed by atoms with Crippen molar-refractivity contribution >= 4 is 5.69 Å². The normalized spacial score (nSPS) is 13.0. The van der Waals surface area contributed by atoms with E-state index in [0.717, 1.165) is 29.1 Å². The molecular weight excluding hydrogens is 229 g/mol. The van der Waals surface area contributed by atoms with E-state index in [4.69, 9.17) is 4.74 Å². The van der Waals surface area contributed by atoms with Gasteiger partial charge in [0.05, 0.1) is 7.11 Å². The molecule has 0 radical (unpaired) electrons. The molecule has 3 heteroatoms. The van der Waals surface area contributed by atoms with Crippen LogP contribution in [0.3, 0.4) is 0 Å². The summed E-state index contributed by atoms with van der Waals surface area (Å²) < 4.78 is 19.1. The summed E-state index contributed by atoms with van der Waals surface area (Å²) in [5, 5.41) is 3.28. The Morgan fingerprint density at radius 3 is 2.89 bits per heavy atom. The summed E-state index contributed by atoms with van der Waals surface area (Å²) in [6.45, 7) is 0.718. The van der Waals surface area contributed by atoms with Crippen LogP contribution in [-0.2, 0) is 13.0 Å². The summed E-state index contributed by atoms with van der Waals surface area (Å²) in [6.07, 6.45) is 0.599. The van der Waals surface area contributed by atoms with Crippen molar-refractivity contribution in [2.75, 3.05) is 12.4 Å². The number of rotatable bonds is 1. The van der Waals surface area contributed by atoms with Gasteiger partial charge in [0.15, 0.2) is 0 Å². The maximum Gasteiger partial charge on any atom is 0.128 e. The van der Waals surface area contributed by atoms with E-state index in [0.29, 0.717) is 6.42 Å². The van der Waals surface area contributed by atoms with Crippen molar-refractivity contribution in [2.24, 2.45) is 0 Å². The molecule has 2 aromatic rings. The highest BCUT2D eigenvalue weighted by molar-refractivity contribution is 5.57. The number of fused-ring (bicyclic) bond motifs is 2. The Morgan fingerprint density at radius 2 is 2.06 bits per heavy atom. The predicted molar refractivity (Wildman–Crippen MR) is 69.5 cm³/mol. The van der Waals surface area contributed by atoms with Crippen molar-refractivity contribution in [1.29, 1.82) is 0 Å². The summed E-state index contributed by atoms with van der Waals surface area (Å²) in [6, 6.07) is 11.1. The third kappa shape index (κ3) is 1.82. The molecule has 0 saturated carbocycles. The molecule has 0 amide bonds. The van der Waals surface area contributed by atoms with Gasteiger partial charge < -0.3 is 10.1 Å². The molecular formula is C15H14FNO. The van der Waals surface area contributed by atoms with Gasteiger partial charge in [-0.25, -0.2) is 4.39 Å². The Bertz CT molecular complexity index is 595. The summed E-state index contributed by atoms with van der Waals surface area (Å²) in [7, 11) is 1.64. The molecule has 0 aliphatic carbocycles. The Kier molecular flexibility index (Phi) is 2.67. The van der Waals surface area contributed by atoms with Crippen molar-refractivity contribution < 1.29 is 9.13 Å². The Balaban J connectivity index is 2.09. The number of nitrogens with one attached hydrogen (secondary N) is 1. The number of anilines is 1. The molecule has 1 N–H and O–H groups in total. The van der Waals surface area contributed by atoms with Crippen molar-refractivity contribution in [2.45, 2.75) is 13.0 Å². The molecule has 18 heavy (non-hydrogen) atoms. The van der Waals surface area contributed by atoms with Gasteiger partial charge in [-0.05, 0) is 35.4 Å². The molecule has 3 rings (SSSR count). The molecule has 1 aliphatic heterocycles. The quantitative estimate of drug-likeness (QED) is 0.829. The molecule has 2 nitrogen and oxygen atoms in total. The average Bonchev–Trinajstić information content (AvgIpc) is 2.58. The topological polar surface area (TPSA) is 21.3 Å². The summed E-state index contributed by atoms with van der Waals surface area (Å²) in [5.74, 6) is 0.657. The first-order valence-electron chi connectivity index (χ1n) is 5.95. The Hall–Kier alpha value is -2.03. The maximum absolute atomic E-state index is 13.9. The third-order valence-corrected chi connectivity index (χ3v) is 3.37. The van der Waals surface area contributed by atoms with Crippen molar-refractivity contribution in [3.8, 4) is 5.75 Å². The minimum atomic E-state index is -0.157. The van der Waals surface area contributed by atoms with E-state index in [2.05, 4.69) is 5.32 Å². The maximum atomic E-state index is 13.9. The van der Waals surface area contributed by atoms with Crippen LogP contribution in [0.25, 0.3) is 0 Å². The summed E-state index contributed by atoms with van der Waals surface area (Å²) in [4.78, 5) is 0. The lowest BCUT2D eigenvalue weighted by molar-refractivity contribution is 0.414. The van der Waals surface area contributed by atoms with Crippen molar-refractivity contribution in [3.05, 3.63) is 58.9 Å². The third-order valence-electron chi connectivity index (χ3n) is 3.37. The van der Waals surface area contributed by atoms with Gasteiger partial charge in [-0.3, -0.25) is 0 Å². The molecule has 1 heterocycles. The predicted octanol–water partition coefficient (Wildman–Crippen LogP) is 3.35. The average molecular weight is 243 g/mol. The largest absolute Gasteiger partial charge is 0.497 e. The first kappa shape index (κ1) is 11.1. The molecule has 2 aromatic carbocycles. The minimum absolute atomic E-state index is 0.157. The second-order valence-electron chi connectivity index (χ2n) is 4.43. The van der Waals surface area contributed by atoms with Crippen molar-refractivity contribution in [1.82, 2.24) is 0 Å². The zero-order valence-electron chi connectivity index (χ0n) is 10.2. The van der Waals surface area contributed by atoms with Crippen LogP contribution >= 0.6 is 0 Å². The highest BCUT2D eigenvalue weighted by atomic mass is 19.1. The van der Waals surface area contributed by atoms with Crippen LogP contribution in [0.1, 0.15) is 16.7 Å². The van der Waals surface area contributed by atoms with Crippen LogP contribution in [0, 0.1) is 5.82 Å². The van der Waals surface area contributed by atoms with Gasteiger partial charge in [-0.15, -0.1) is 0 Å². The molecule has 1 aliphatic rings. The number of halogens is 1. The van der Waals surface area contributed by atoms with Crippen LogP contribution in [0.5, 0.6) is 5.75 Å². The van der Waals surface area contributed by atoms with Gasteiger partial charge in [-0.1, -0.05) is 12.1 Å². The number of methoxy groups -OCH3 is 1. The fourth-order valence-corrected chi connectivity index (χ4v) is 2.35. The van der Waals surface area contributed by atoms with E-state index in [1.165, 1.54) is 11.6 Å². The Labute approximate surface area is 105 Å². The standard InChI is InChI=1S/C15H14FNO/c1-18-12-6-5-10-9-17-15-4-2-3-14(16)13(15)8-11(10)7-12/h2-7,17H,8-9H2,1H3. The number of ether oxygens (including phenoxy) is 1. The molecule has 92 valence electrons. The number of benzene rings is 2. The molecule has 0 fully saturated rings. The SMILES string of the molecule is COc1ccc2c(c1)Cc1c(F)cccc1NC2. The van der Waals surface area contributed by atoms with Gasteiger partial charge in [0.1, 0.15) is 11.6 Å². The highest BCUT2D eigenvalue weighted by Gasteiger charge is 2.16. The van der Waals surface area contributed by atoms with Gasteiger partial charge in [-0.2, -0.15) is 0 Å². The lowest BCUT2D eigenvalue weighted by Gasteiger charge is -2.08. The molecule has 0 atom stereocenters. The highest BCUT2D eigenvalue weighted by Crippen LogP contribution is 2.29. The first-order chi connectivity index (χ1) is 8.78. The van der Waals surface area contributed by atoms with Gasteiger partial charge in [0.2, 0.25) is 0 Å². The fraction of sp³-hybridized carbons (Fsp3) is 0.200. The Morgan fingerprint density at radius 1 is 1.17 bits per heavy atom. The van der Waals surface area contributed by atoms with Crippen LogP contribution in [-0.4, -0.2) is 7.11 Å². The molecule has 0 bridgehead atoms. The van der Waals surface area contributed by atoms with Gasteiger partial charge >= 0.3 is 0 Å². The fourth-order valence-electron chi connectivity index (χ4n) is 2.35. The van der Waals surface area contributed by atoms with Crippen LogP contribution in [0.15, 0.2) is 36.4 Å². The van der Waals surface area contributed by atoms with E-state index in [-0.39, 0.29) is 5.82 Å². The lowest BCUT2D eigenvalue weighted by Crippen LogP contribution is -1.99. The van der Waals surface area contributed by atoms with E-state index >= 15 is 0 Å². The van der Waals surface area contributed by atoms with Crippen LogP contribution in [0.2, 0.25) is 0 Å². The zero-order chi connectivity index (χ0) is 12.5. The zero-order valence-corrected chi connectivity index (χ0v) is 10.2. The molecule has 0 spiro atoms. The van der Waals surface area contributed by atoms with Gasteiger partial charge in [0, 0.05) is 24.2 Å². The van der Waals surface area contributed by atoms with Crippen LogP contribution in [0.4, 0.5) is 10.1 Å². The summed E-state index contributed by atoms with van der Waals surface area (Å²) in [5.41, 5.74) is 3.91. The number of hydrogen-bond acceptors (Lipinski definition) is 2. The van der Waals surface area contributed by atoms with E-state index in [9.17, 15) is 4.39 Å². The molecule has 0 unspecified atom stereocenters.